The van der Waals surface area contributed by atoms with Gasteiger partial charge in [-0.3, -0.25) is 0 Å². The Bertz CT molecular complexity index is 226. The Morgan fingerprint density at radius 2 is 0.826 bits per heavy atom. The van der Waals surface area contributed by atoms with Crippen LogP contribution in [-0.4, -0.2) is 91.0 Å². The summed E-state index contributed by atoms with van der Waals surface area (Å²) in [5, 5.41) is 8.50. The summed E-state index contributed by atoms with van der Waals surface area (Å²) in [6, 6.07) is 0. The summed E-state index contributed by atoms with van der Waals surface area (Å²) in [6.07, 6.45) is 2.70. The number of hydrogen-bond acceptors (Lipinski definition) is 7. The minimum absolute atomic E-state index is 0.0393. The first-order chi connectivity index (χ1) is 11.4. The average molecular weight is 336 g/mol. The fourth-order valence-corrected chi connectivity index (χ4v) is 1.43. The lowest BCUT2D eigenvalue weighted by molar-refractivity contribution is -0.0180. The van der Waals surface area contributed by atoms with Crippen molar-refractivity contribution >= 4 is 0 Å². The molecule has 7 heteroatoms. The Labute approximate surface area is 139 Å². The highest BCUT2D eigenvalue weighted by Gasteiger charge is 1.93. The van der Waals surface area contributed by atoms with Crippen LogP contribution < -0.4 is 0 Å². The second-order valence-electron chi connectivity index (χ2n) is 4.48. The monoisotopic (exact) mass is 336 g/mol. The van der Waals surface area contributed by atoms with Crippen LogP contribution in [0.2, 0.25) is 0 Å². The smallest absolute Gasteiger partial charge is 0.0701 e. The van der Waals surface area contributed by atoms with Crippen molar-refractivity contribution in [1.29, 1.82) is 0 Å². The van der Waals surface area contributed by atoms with Crippen LogP contribution in [0.1, 0.15) is 6.42 Å². The van der Waals surface area contributed by atoms with Crippen molar-refractivity contribution in [3.05, 3.63) is 12.7 Å². The van der Waals surface area contributed by atoms with Crippen LogP contribution in [0, 0.1) is 0 Å². The van der Waals surface area contributed by atoms with E-state index in [1.54, 1.807) is 0 Å². The molecule has 0 heterocycles. The van der Waals surface area contributed by atoms with E-state index in [4.69, 9.17) is 33.5 Å². The maximum Gasteiger partial charge on any atom is 0.0701 e. The van der Waals surface area contributed by atoms with Gasteiger partial charge in [-0.25, -0.2) is 0 Å². The first-order valence-electron chi connectivity index (χ1n) is 8.10. The maximum absolute atomic E-state index is 8.50. The number of aliphatic hydroxyl groups excluding tert-OH is 1. The van der Waals surface area contributed by atoms with Crippen LogP contribution in [0.5, 0.6) is 0 Å². The van der Waals surface area contributed by atoms with Crippen molar-refractivity contribution in [3.63, 3.8) is 0 Å². The van der Waals surface area contributed by atoms with Crippen molar-refractivity contribution in [3.8, 4) is 0 Å². The number of hydrogen-bond donors (Lipinski definition) is 1. The summed E-state index contributed by atoms with van der Waals surface area (Å²) in [7, 11) is 0. The van der Waals surface area contributed by atoms with Gasteiger partial charge in [-0.15, -0.1) is 6.58 Å². The predicted octanol–water partition coefficient (Wildman–Crippen LogP) is 0.654. The zero-order valence-electron chi connectivity index (χ0n) is 14.1. The van der Waals surface area contributed by atoms with Gasteiger partial charge in [0.2, 0.25) is 0 Å². The molecular weight excluding hydrogens is 304 g/mol. The highest BCUT2D eigenvalue weighted by Crippen LogP contribution is 1.86. The maximum atomic E-state index is 8.50. The molecule has 7 nitrogen and oxygen atoms in total. The molecule has 0 unspecified atom stereocenters. The molecule has 0 aliphatic heterocycles. The van der Waals surface area contributed by atoms with Gasteiger partial charge in [-0.05, 0) is 6.42 Å². The minimum atomic E-state index is 0.0393. The van der Waals surface area contributed by atoms with Crippen molar-refractivity contribution in [2.45, 2.75) is 6.42 Å². The molecule has 0 aliphatic carbocycles. The third-order valence-electron chi connectivity index (χ3n) is 2.56. The lowest BCUT2D eigenvalue weighted by Gasteiger charge is -2.08. The highest BCUT2D eigenvalue weighted by molar-refractivity contribution is 4.64. The SMILES string of the molecule is C=CCCOCCOCCOCCOCCOCCOCCO. The van der Waals surface area contributed by atoms with Crippen LogP contribution in [0.25, 0.3) is 0 Å². The van der Waals surface area contributed by atoms with Crippen molar-refractivity contribution < 1.29 is 33.5 Å². The summed E-state index contributed by atoms with van der Waals surface area (Å²) in [6.45, 7) is 10.1. The van der Waals surface area contributed by atoms with Gasteiger partial charge in [0, 0.05) is 0 Å². The highest BCUT2D eigenvalue weighted by atomic mass is 16.6. The number of rotatable bonds is 20. The van der Waals surface area contributed by atoms with Crippen LogP contribution in [0.15, 0.2) is 12.7 Å². The molecule has 0 fully saturated rings. The molecule has 0 bridgehead atoms. The molecule has 0 saturated carbocycles. The normalized spacial score (nSPS) is 11.0. The lowest BCUT2D eigenvalue weighted by Crippen LogP contribution is -2.14. The quantitative estimate of drug-likeness (QED) is 0.258. The van der Waals surface area contributed by atoms with E-state index >= 15 is 0 Å². The lowest BCUT2D eigenvalue weighted by atomic mass is 10.5. The van der Waals surface area contributed by atoms with Crippen LogP contribution >= 0.6 is 0 Å². The molecule has 0 rings (SSSR count). The van der Waals surface area contributed by atoms with Gasteiger partial charge in [0.05, 0.1) is 85.9 Å². The molecule has 0 aliphatic rings. The Hall–Kier alpha value is -0.540. The molecule has 0 aromatic rings. The Kier molecular flexibility index (Phi) is 21.0. The standard InChI is InChI=1S/C16H32O7/c1-2-3-5-18-7-9-20-11-13-22-15-16-23-14-12-21-10-8-19-6-4-17/h2,17H,1,3-16H2. The van der Waals surface area contributed by atoms with Crippen molar-refractivity contribution in [2.75, 3.05) is 85.9 Å². The molecule has 0 aromatic heterocycles. The molecule has 0 spiro atoms. The van der Waals surface area contributed by atoms with Crippen LogP contribution in [0.3, 0.4) is 0 Å². The Morgan fingerprint density at radius 3 is 1.13 bits per heavy atom. The van der Waals surface area contributed by atoms with E-state index in [2.05, 4.69) is 6.58 Å². The van der Waals surface area contributed by atoms with Crippen molar-refractivity contribution in [2.24, 2.45) is 0 Å². The Morgan fingerprint density at radius 1 is 0.522 bits per heavy atom. The second kappa shape index (κ2) is 21.5. The van der Waals surface area contributed by atoms with E-state index in [0.29, 0.717) is 79.3 Å². The summed E-state index contributed by atoms with van der Waals surface area (Å²) in [4.78, 5) is 0. The fraction of sp³-hybridized carbons (Fsp3) is 0.875. The van der Waals surface area contributed by atoms with Gasteiger partial charge >= 0.3 is 0 Å². The molecule has 1 N–H and O–H groups in total. The summed E-state index contributed by atoms with van der Waals surface area (Å²) in [5.41, 5.74) is 0. The molecule has 23 heavy (non-hydrogen) atoms. The van der Waals surface area contributed by atoms with E-state index in [1.807, 2.05) is 6.08 Å². The zero-order chi connectivity index (χ0) is 16.8. The largest absolute Gasteiger partial charge is 0.394 e. The third kappa shape index (κ3) is 21.5. The van der Waals surface area contributed by atoms with Gasteiger partial charge in [0.25, 0.3) is 0 Å². The van der Waals surface area contributed by atoms with Crippen molar-refractivity contribution in [1.82, 2.24) is 0 Å². The van der Waals surface area contributed by atoms with Gasteiger partial charge in [-0.1, -0.05) is 6.08 Å². The molecule has 0 aromatic carbocycles. The minimum Gasteiger partial charge on any atom is -0.394 e. The molecule has 0 saturated heterocycles. The Balaban J connectivity index is 2.93. The molecule has 0 amide bonds. The van der Waals surface area contributed by atoms with Gasteiger partial charge in [0.1, 0.15) is 0 Å². The van der Waals surface area contributed by atoms with Crippen LogP contribution in [-0.2, 0) is 28.4 Å². The molecular formula is C16H32O7. The predicted molar refractivity (Wildman–Crippen MR) is 86.8 cm³/mol. The average Bonchev–Trinajstić information content (AvgIpc) is 2.57. The van der Waals surface area contributed by atoms with Gasteiger partial charge in [0.15, 0.2) is 0 Å². The topological polar surface area (TPSA) is 75.6 Å². The third-order valence-corrected chi connectivity index (χ3v) is 2.56. The van der Waals surface area contributed by atoms with E-state index in [9.17, 15) is 0 Å². The number of aliphatic hydroxyl groups is 1. The second-order valence-corrected chi connectivity index (χ2v) is 4.48. The van der Waals surface area contributed by atoms with E-state index in [0.717, 1.165) is 6.42 Å². The molecule has 138 valence electrons. The van der Waals surface area contributed by atoms with E-state index < -0.39 is 0 Å². The molecule has 0 radical (unpaired) electrons. The first-order valence-corrected chi connectivity index (χ1v) is 8.10. The molecule has 0 atom stereocenters. The van der Waals surface area contributed by atoms with Crippen LogP contribution in [0.4, 0.5) is 0 Å². The van der Waals surface area contributed by atoms with Gasteiger partial charge in [-0.2, -0.15) is 0 Å². The first kappa shape index (κ1) is 22.5. The fourth-order valence-electron chi connectivity index (χ4n) is 1.43. The van der Waals surface area contributed by atoms with Gasteiger partial charge < -0.3 is 33.5 Å². The van der Waals surface area contributed by atoms with E-state index in [1.165, 1.54) is 0 Å². The summed E-state index contributed by atoms with van der Waals surface area (Å²) in [5.74, 6) is 0. The summed E-state index contributed by atoms with van der Waals surface area (Å²) < 4.78 is 31.7. The summed E-state index contributed by atoms with van der Waals surface area (Å²) >= 11 is 0. The zero-order valence-corrected chi connectivity index (χ0v) is 14.1. The number of ether oxygens (including phenoxy) is 6. The van der Waals surface area contributed by atoms with E-state index in [-0.39, 0.29) is 6.61 Å².